The molecule has 4 heteroatoms. The van der Waals surface area contributed by atoms with Crippen molar-refractivity contribution in [1.82, 2.24) is 9.88 Å². The van der Waals surface area contributed by atoms with Gasteiger partial charge in [0.15, 0.2) is 0 Å². The summed E-state index contributed by atoms with van der Waals surface area (Å²) in [4.78, 5) is 17.2. The Bertz CT molecular complexity index is 1030. The molecule has 1 aliphatic heterocycles. The molecule has 2 heterocycles. The van der Waals surface area contributed by atoms with Crippen molar-refractivity contribution in [1.29, 1.82) is 0 Å². The zero-order chi connectivity index (χ0) is 19.3. The summed E-state index contributed by atoms with van der Waals surface area (Å²) in [7, 11) is 0. The molecule has 0 radical (unpaired) electrons. The first-order valence-corrected chi connectivity index (χ1v) is 10.3. The Morgan fingerprint density at radius 3 is 2.68 bits per heavy atom. The molecular formula is C24H26N2O2. The van der Waals surface area contributed by atoms with Crippen LogP contribution >= 0.6 is 0 Å². The number of rotatable bonds is 5. The van der Waals surface area contributed by atoms with Crippen LogP contribution in [-0.4, -0.2) is 27.5 Å². The number of aromatic nitrogens is 1. The highest BCUT2D eigenvalue weighted by atomic mass is 16.4. The van der Waals surface area contributed by atoms with Gasteiger partial charge in [-0.25, -0.2) is 4.79 Å². The van der Waals surface area contributed by atoms with Gasteiger partial charge in [-0.2, -0.15) is 0 Å². The van der Waals surface area contributed by atoms with Gasteiger partial charge < -0.3 is 10.1 Å². The number of benzene rings is 2. The number of aromatic amines is 1. The average Bonchev–Trinajstić information content (AvgIpc) is 3.22. The molecule has 0 amide bonds. The Kier molecular flexibility index (Phi) is 4.24. The number of likely N-dealkylation sites (tertiary alicyclic amines) is 1. The molecule has 3 aromatic rings. The van der Waals surface area contributed by atoms with Crippen LogP contribution in [0.15, 0.2) is 42.6 Å². The number of carboxylic acids is 1. The van der Waals surface area contributed by atoms with Crippen LogP contribution in [0, 0.1) is 6.92 Å². The van der Waals surface area contributed by atoms with Crippen molar-refractivity contribution in [3.8, 4) is 0 Å². The monoisotopic (exact) mass is 374 g/mol. The highest BCUT2D eigenvalue weighted by Crippen LogP contribution is 2.45. The van der Waals surface area contributed by atoms with E-state index in [1.165, 1.54) is 52.4 Å². The van der Waals surface area contributed by atoms with Crippen LogP contribution in [0.1, 0.15) is 70.3 Å². The van der Waals surface area contributed by atoms with Gasteiger partial charge in [0, 0.05) is 29.7 Å². The molecule has 1 aliphatic carbocycles. The number of hydrogen-bond donors (Lipinski definition) is 2. The number of carboxylic acid groups (broad SMARTS) is 1. The van der Waals surface area contributed by atoms with E-state index in [2.05, 4.69) is 35.1 Å². The van der Waals surface area contributed by atoms with Crippen LogP contribution in [0.3, 0.4) is 0 Å². The van der Waals surface area contributed by atoms with Gasteiger partial charge in [-0.05, 0) is 85.5 Å². The highest BCUT2D eigenvalue weighted by Gasteiger charge is 2.31. The van der Waals surface area contributed by atoms with Crippen molar-refractivity contribution >= 4 is 16.9 Å². The molecule has 1 saturated carbocycles. The van der Waals surface area contributed by atoms with Crippen molar-refractivity contribution in [3.63, 3.8) is 0 Å². The van der Waals surface area contributed by atoms with Crippen LogP contribution in [0.4, 0.5) is 0 Å². The Morgan fingerprint density at radius 1 is 1.18 bits per heavy atom. The van der Waals surface area contributed by atoms with Gasteiger partial charge in [-0.1, -0.05) is 18.2 Å². The van der Waals surface area contributed by atoms with Gasteiger partial charge in [-0.3, -0.25) is 4.90 Å². The Labute approximate surface area is 165 Å². The van der Waals surface area contributed by atoms with E-state index >= 15 is 0 Å². The van der Waals surface area contributed by atoms with Gasteiger partial charge in [0.1, 0.15) is 0 Å². The molecule has 144 valence electrons. The summed E-state index contributed by atoms with van der Waals surface area (Å²) in [6.45, 7) is 4.26. The van der Waals surface area contributed by atoms with Gasteiger partial charge in [-0.15, -0.1) is 0 Å². The molecule has 2 aliphatic rings. The average molecular weight is 374 g/mol. The third-order valence-electron chi connectivity index (χ3n) is 6.47. The number of fused-ring (bicyclic) bond motifs is 1. The van der Waals surface area contributed by atoms with Crippen molar-refractivity contribution in [2.24, 2.45) is 0 Å². The fourth-order valence-electron chi connectivity index (χ4n) is 4.87. The van der Waals surface area contributed by atoms with Crippen molar-refractivity contribution in [3.05, 3.63) is 70.4 Å². The minimum atomic E-state index is -0.863. The summed E-state index contributed by atoms with van der Waals surface area (Å²) in [5, 5.41) is 10.5. The molecular weight excluding hydrogens is 348 g/mol. The van der Waals surface area contributed by atoms with Crippen molar-refractivity contribution in [2.75, 3.05) is 6.54 Å². The molecule has 2 N–H and O–H groups in total. The highest BCUT2D eigenvalue weighted by molar-refractivity contribution is 5.88. The maximum Gasteiger partial charge on any atom is 0.335 e. The largest absolute Gasteiger partial charge is 0.478 e. The first-order valence-electron chi connectivity index (χ1n) is 10.3. The smallest absolute Gasteiger partial charge is 0.335 e. The van der Waals surface area contributed by atoms with Crippen molar-refractivity contribution < 1.29 is 9.90 Å². The number of aryl methyl sites for hydroxylation is 1. The molecule has 5 rings (SSSR count). The van der Waals surface area contributed by atoms with E-state index in [-0.39, 0.29) is 0 Å². The summed E-state index contributed by atoms with van der Waals surface area (Å²) < 4.78 is 0. The van der Waals surface area contributed by atoms with Gasteiger partial charge in [0.2, 0.25) is 0 Å². The van der Waals surface area contributed by atoms with E-state index in [4.69, 9.17) is 5.11 Å². The molecule has 28 heavy (non-hydrogen) atoms. The van der Waals surface area contributed by atoms with Crippen LogP contribution in [0.2, 0.25) is 0 Å². The molecule has 2 fully saturated rings. The van der Waals surface area contributed by atoms with Gasteiger partial charge in [0.05, 0.1) is 5.56 Å². The van der Waals surface area contributed by atoms with E-state index < -0.39 is 5.97 Å². The van der Waals surface area contributed by atoms with E-state index in [1.54, 1.807) is 12.1 Å². The molecule has 4 nitrogen and oxygen atoms in total. The second kappa shape index (κ2) is 6.78. The fraction of sp³-hybridized carbons (Fsp3) is 0.375. The molecule has 1 saturated heterocycles. The predicted molar refractivity (Wildman–Crippen MR) is 111 cm³/mol. The van der Waals surface area contributed by atoms with Crippen LogP contribution in [0.25, 0.3) is 10.9 Å². The minimum Gasteiger partial charge on any atom is -0.478 e. The minimum absolute atomic E-state index is 0.358. The third kappa shape index (κ3) is 3.02. The Balaban J connectivity index is 1.48. The van der Waals surface area contributed by atoms with Gasteiger partial charge in [0.25, 0.3) is 0 Å². The molecule has 0 spiro atoms. The summed E-state index contributed by atoms with van der Waals surface area (Å²) >= 11 is 0. The lowest BCUT2D eigenvalue weighted by atomic mass is 9.95. The van der Waals surface area contributed by atoms with Crippen LogP contribution in [-0.2, 0) is 6.54 Å². The van der Waals surface area contributed by atoms with E-state index in [9.17, 15) is 4.79 Å². The second-order valence-electron chi connectivity index (χ2n) is 8.36. The molecule has 0 bridgehead atoms. The Hall–Kier alpha value is -2.59. The lowest BCUT2D eigenvalue weighted by Crippen LogP contribution is -2.23. The lowest BCUT2D eigenvalue weighted by molar-refractivity contribution is 0.0697. The second-order valence-corrected chi connectivity index (χ2v) is 8.36. The predicted octanol–water partition coefficient (Wildman–Crippen LogP) is 5.39. The standard InChI is InChI=1S/C24H26N2O2/c1-15-13-20(16-4-5-16)21(19-10-11-25-23(15)19)14-26-12-2-3-22(26)17-6-8-18(9-7-17)24(27)28/h6-11,13,16,22,25H,2-5,12,14H2,1H3,(H,27,28). The number of carbonyl (C=O) groups is 1. The maximum absolute atomic E-state index is 11.2. The molecule has 1 aromatic heterocycles. The summed E-state index contributed by atoms with van der Waals surface area (Å²) in [6.07, 6.45) is 6.99. The number of nitrogens with zero attached hydrogens (tertiary/aromatic N) is 1. The first-order chi connectivity index (χ1) is 13.6. The first kappa shape index (κ1) is 17.5. The maximum atomic E-state index is 11.2. The molecule has 1 atom stereocenters. The summed E-state index contributed by atoms with van der Waals surface area (Å²) in [5.74, 6) is -0.137. The van der Waals surface area contributed by atoms with Crippen LogP contribution in [0.5, 0.6) is 0 Å². The Morgan fingerprint density at radius 2 is 1.96 bits per heavy atom. The van der Waals surface area contributed by atoms with Gasteiger partial charge >= 0.3 is 5.97 Å². The SMILES string of the molecule is Cc1cc(C2CC2)c(CN2CCCC2c2ccc(C(=O)O)cc2)c2cc[nH]c12. The van der Waals surface area contributed by atoms with E-state index in [0.717, 1.165) is 25.4 Å². The van der Waals surface area contributed by atoms with Crippen LogP contribution < -0.4 is 0 Å². The number of nitrogens with one attached hydrogen (secondary N) is 1. The number of hydrogen-bond acceptors (Lipinski definition) is 2. The zero-order valence-corrected chi connectivity index (χ0v) is 16.2. The van der Waals surface area contributed by atoms with E-state index in [0.29, 0.717) is 11.6 Å². The topological polar surface area (TPSA) is 56.3 Å². The molecule has 1 unspecified atom stereocenters. The third-order valence-corrected chi connectivity index (χ3v) is 6.47. The quantitative estimate of drug-likeness (QED) is 0.629. The number of aromatic carboxylic acids is 1. The summed E-state index contributed by atoms with van der Waals surface area (Å²) in [6, 6.07) is 12.5. The van der Waals surface area contributed by atoms with E-state index in [1.807, 2.05) is 12.1 Å². The lowest BCUT2D eigenvalue weighted by Gasteiger charge is -2.27. The molecule has 2 aromatic carbocycles. The summed E-state index contributed by atoms with van der Waals surface area (Å²) in [5.41, 5.74) is 7.22. The van der Waals surface area contributed by atoms with Crippen molar-refractivity contribution in [2.45, 2.75) is 51.1 Å². The normalized spacial score (nSPS) is 20.1. The zero-order valence-electron chi connectivity index (χ0n) is 16.2. The number of H-pyrrole nitrogens is 1. The fourth-order valence-corrected chi connectivity index (χ4v) is 4.87.